The Morgan fingerprint density at radius 1 is 1.00 bits per heavy atom. The van der Waals surface area contributed by atoms with Gasteiger partial charge in [-0.2, -0.15) is 0 Å². The highest BCUT2D eigenvalue weighted by Gasteiger charge is 2.40. The number of carbonyl (C=O) groups is 1. The van der Waals surface area contributed by atoms with E-state index in [4.69, 9.17) is 0 Å². The molecule has 1 saturated heterocycles. The Hall–Kier alpha value is -0.370. The lowest BCUT2D eigenvalue weighted by Gasteiger charge is -2.38. The van der Waals surface area contributed by atoms with E-state index >= 15 is 0 Å². The van der Waals surface area contributed by atoms with Gasteiger partial charge in [0.25, 0.3) is 0 Å². The molecule has 0 radical (unpaired) electrons. The summed E-state index contributed by atoms with van der Waals surface area (Å²) in [5, 5.41) is 3.46. The minimum Gasteiger partial charge on any atom is -0.316 e. The lowest BCUT2D eigenvalue weighted by Crippen LogP contribution is -2.44. The zero-order valence-corrected chi connectivity index (χ0v) is 12.1. The maximum Gasteiger partial charge on any atom is 0.141 e. The van der Waals surface area contributed by atoms with Crippen LogP contribution in [-0.4, -0.2) is 18.9 Å². The van der Waals surface area contributed by atoms with Crippen LogP contribution in [0.4, 0.5) is 0 Å². The predicted octanol–water partition coefficient (Wildman–Crippen LogP) is 3.55. The number of hydrogen-bond acceptors (Lipinski definition) is 2. The summed E-state index contributed by atoms with van der Waals surface area (Å²) in [6.07, 6.45) is 9.91. The highest BCUT2D eigenvalue weighted by atomic mass is 16.1. The summed E-state index contributed by atoms with van der Waals surface area (Å²) in [6.45, 7) is 6.55. The number of piperidine rings is 1. The fourth-order valence-electron chi connectivity index (χ4n) is 3.74. The lowest BCUT2D eigenvalue weighted by molar-refractivity contribution is -0.135. The largest absolute Gasteiger partial charge is 0.316 e. The SMILES string of the molecule is CC(C)(C(=O)C1CCCCCC1)C1CCCNC1. The Bertz CT molecular complexity index is 271. The van der Waals surface area contributed by atoms with Gasteiger partial charge in [0, 0.05) is 11.3 Å². The predicted molar refractivity (Wildman–Crippen MR) is 75.6 cm³/mol. The molecule has 2 heteroatoms. The first-order chi connectivity index (χ1) is 8.62. The Morgan fingerprint density at radius 2 is 1.67 bits per heavy atom. The van der Waals surface area contributed by atoms with E-state index < -0.39 is 0 Å². The van der Waals surface area contributed by atoms with Crippen LogP contribution in [0.2, 0.25) is 0 Å². The summed E-state index contributed by atoms with van der Waals surface area (Å²) >= 11 is 0. The van der Waals surface area contributed by atoms with E-state index in [0.29, 0.717) is 17.6 Å². The van der Waals surface area contributed by atoms with Gasteiger partial charge in [-0.25, -0.2) is 0 Å². The van der Waals surface area contributed by atoms with Crippen molar-refractivity contribution in [1.29, 1.82) is 0 Å². The normalized spacial score (nSPS) is 27.8. The lowest BCUT2D eigenvalue weighted by atomic mass is 9.68. The molecule has 1 saturated carbocycles. The summed E-state index contributed by atoms with van der Waals surface area (Å²) < 4.78 is 0. The van der Waals surface area contributed by atoms with Gasteiger partial charge in [0.15, 0.2) is 0 Å². The summed E-state index contributed by atoms with van der Waals surface area (Å²) in [5.41, 5.74) is -0.123. The number of ketones is 1. The van der Waals surface area contributed by atoms with E-state index in [9.17, 15) is 4.79 Å². The molecule has 0 spiro atoms. The van der Waals surface area contributed by atoms with E-state index in [2.05, 4.69) is 19.2 Å². The molecule has 1 N–H and O–H groups in total. The maximum absolute atomic E-state index is 12.8. The Morgan fingerprint density at radius 3 is 2.22 bits per heavy atom. The number of carbonyl (C=O) groups excluding carboxylic acids is 1. The molecule has 0 bridgehead atoms. The van der Waals surface area contributed by atoms with Gasteiger partial charge in [0.2, 0.25) is 0 Å². The molecule has 2 aliphatic rings. The summed E-state index contributed by atoms with van der Waals surface area (Å²) in [5.74, 6) is 1.45. The van der Waals surface area contributed by atoms with Crippen molar-refractivity contribution in [2.75, 3.05) is 13.1 Å². The third-order valence-corrected chi connectivity index (χ3v) is 5.18. The van der Waals surface area contributed by atoms with Gasteiger partial charge in [-0.3, -0.25) is 4.79 Å². The van der Waals surface area contributed by atoms with Gasteiger partial charge in [0.05, 0.1) is 0 Å². The van der Waals surface area contributed by atoms with Gasteiger partial charge in [-0.15, -0.1) is 0 Å². The minimum atomic E-state index is -0.123. The topological polar surface area (TPSA) is 29.1 Å². The molecule has 0 aromatic carbocycles. The highest BCUT2D eigenvalue weighted by Crippen LogP contribution is 2.38. The molecule has 1 atom stereocenters. The van der Waals surface area contributed by atoms with Crippen LogP contribution in [0.1, 0.15) is 65.2 Å². The third kappa shape index (κ3) is 3.14. The van der Waals surface area contributed by atoms with Crippen molar-refractivity contribution in [1.82, 2.24) is 5.32 Å². The van der Waals surface area contributed by atoms with E-state index in [0.717, 1.165) is 25.9 Å². The first kappa shape index (κ1) is 14.0. The third-order valence-electron chi connectivity index (χ3n) is 5.18. The molecule has 2 rings (SSSR count). The fourth-order valence-corrected chi connectivity index (χ4v) is 3.74. The van der Waals surface area contributed by atoms with Crippen LogP contribution in [0, 0.1) is 17.3 Å². The van der Waals surface area contributed by atoms with E-state index in [1.54, 1.807) is 0 Å². The van der Waals surface area contributed by atoms with Gasteiger partial charge >= 0.3 is 0 Å². The first-order valence-corrected chi connectivity index (χ1v) is 7.87. The molecule has 1 unspecified atom stereocenters. The van der Waals surface area contributed by atoms with Crippen LogP contribution >= 0.6 is 0 Å². The smallest absolute Gasteiger partial charge is 0.141 e. The van der Waals surface area contributed by atoms with Gasteiger partial charge < -0.3 is 5.32 Å². The maximum atomic E-state index is 12.8. The Kier molecular flexibility index (Phi) is 4.83. The summed E-state index contributed by atoms with van der Waals surface area (Å²) in [4.78, 5) is 12.8. The van der Waals surface area contributed by atoms with Crippen molar-refractivity contribution in [2.24, 2.45) is 17.3 Å². The molecule has 1 aliphatic carbocycles. The van der Waals surface area contributed by atoms with Crippen LogP contribution < -0.4 is 5.32 Å². The van der Waals surface area contributed by atoms with E-state index in [1.807, 2.05) is 0 Å². The number of nitrogens with one attached hydrogen (secondary N) is 1. The minimum absolute atomic E-state index is 0.123. The first-order valence-electron chi connectivity index (χ1n) is 7.87. The molecule has 0 aromatic rings. The number of hydrogen-bond donors (Lipinski definition) is 1. The molecule has 2 nitrogen and oxygen atoms in total. The van der Waals surface area contributed by atoms with E-state index in [1.165, 1.54) is 38.5 Å². The van der Waals surface area contributed by atoms with Crippen molar-refractivity contribution in [3.05, 3.63) is 0 Å². The fraction of sp³-hybridized carbons (Fsp3) is 0.938. The van der Waals surface area contributed by atoms with Crippen LogP contribution in [-0.2, 0) is 4.79 Å². The van der Waals surface area contributed by atoms with E-state index in [-0.39, 0.29) is 5.41 Å². The molecule has 1 aliphatic heterocycles. The van der Waals surface area contributed by atoms with Crippen LogP contribution in [0.25, 0.3) is 0 Å². The van der Waals surface area contributed by atoms with Gasteiger partial charge in [-0.05, 0) is 44.7 Å². The van der Waals surface area contributed by atoms with Crippen molar-refractivity contribution in [3.63, 3.8) is 0 Å². The molecule has 2 fully saturated rings. The summed E-state index contributed by atoms with van der Waals surface area (Å²) in [7, 11) is 0. The second kappa shape index (κ2) is 6.18. The van der Waals surface area contributed by atoms with Crippen molar-refractivity contribution >= 4 is 5.78 Å². The van der Waals surface area contributed by atoms with Crippen LogP contribution in [0.5, 0.6) is 0 Å². The quantitative estimate of drug-likeness (QED) is 0.777. The molecule has 18 heavy (non-hydrogen) atoms. The molecule has 0 aromatic heterocycles. The standard InChI is InChI=1S/C16H29NO/c1-16(2,14-10-7-11-17-12-14)15(18)13-8-5-3-4-6-9-13/h13-14,17H,3-12H2,1-2H3. The van der Waals surface area contributed by atoms with Gasteiger partial charge in [0.1, 0.15) is 5.78 Å². The summed E-state index contributed by atoms with van der Waals surface area (Å²) in [6, 6.07) is 0. The molecular weight excluding hydrogens is 222 g/mol. The molecule has 104 valence electrons. The molecular formula is C16H29NO. The van der Waals surface area contributed by atoms with Crippen molar-refractivity contribution in [2.45, 2.75) is 65.2 Å². The van der Waals surface area contributed by atoms with Gasteiger partial charge in [-0.1, -0.05) is 39.5 Å². The Labute approximate surface area is 112 Å². The monoisotopic (exact) mass is 251 g/mol. The van der Waals surface area contributed by atoms with Crippen molar-refractivity contribution in [3.8, 4) is 0 Å². The molecule has 1 heterocycles. The second-order valence-corrected chi connectivity index (χ2v) is 6.82. The number of rotatable bonds is 3. The van der Waals surface area contributed by atoms with Crippen molar-refractivity contribution < 1.29 is 4.79 Å². The second-order valence-electron chi connectivity index (χ2n) is 6.82. The molecule has 0 amide bonds. The van der Waals surface area contributed by atoms with Crippen LogP contribution in [0.15, 0.2) is 0 Å². The Balaban J connectivity index is 2.00. The zero-order valence-electron chi connectivity index (χ0n) is 12.1. The van der Waals surface area contributed by atoms with Crippen LogP contribution in [0.3, 0.4) is 0 Å². The number of Topliss-reactive ketones (excluding diaryl/α,β-unsaturated/α-hetero) is 1. The average Bonchev–Trinajstić information content (AvgIpc) is 2.67. The highest BCUT2D eigenvalue weighted by molar-refractivity contribution is 5.86. The average molecular weight is 251 g/mol. The zero-order chi connectivity index (χ0) is 13.0.